The predicted octanol–water partition coefficient (Wildman–Crippen LogP) is 23.1. The minimum atomic E-state index is -5.01. The van der Waals surface area contributed by atoms with Gasteiger partial charge in [-0.3, -0.25) is 37.3 Å². The van der Waals surface area contributed by atoms with E-state index in [1.54, 1.807) is 12.2 Å². The number of carbonyl (C=O) groups is 4. The number of aliphatic hydroxyl groups is 1. The smallest absolute Gasteiger partial charge is 0.462 e. The van der Waals surface area contributed by atoms with E-state index in [9.17, 15) is 43.2 Å². The minimum Gasteiger partial charge on any atom is -0.462 e. The summed E-state index contributed by atoms with van der Waals surface area (Å²) in [5.74, 6) is -2.35. The van der Waals surface area contributed by atoms with Gasteiger partial charge in [0, 0.05) is 19.3 Å². The van der Waals surface area contributed by atoms with Crippen molar-refractivity contribution in [3.63, 3.8) is 0 Å². The Kier molecular flexibility index (Phi) is 71.4. The van der Waals surface area contributed by atoms with Gasteiger partial charge in [-0.1, -0.05) is 303 Å². The van der Waals surface area contributed by atoms with Crippen molar-refractivity contribution in [1.82, 2.24) is 0 Å². The van der Waals surface area contributed by atoms with Crippen LogP contribution in [0.4, 0.5) is 0 Å². The van der Waals surface area contributed by atoms with E-state index in [2.05, 4.69) is 125 Å². The summed E-state index contributed by atoms with van der Waals surface area (Å²) in [5.41, 5.74) is 0. The first-order valence-corrected chi connectivity index (χ1v) is 42.8. The van der Waals surface area contributed by atoms with E-state index in [-0.39, 0.29) is 25.7 Å². The first kappa shape index (κ1) is 97.5. The molecule has 0 radical (unpaired) electrons. The van der Waals surface area contributed by atoms with Crippen LogP contribution >= 0.6 is 15.6 Å². The van der Waals surface area contributed by atoms with E-state index in [1.807, 2.05) is 12.2 Å². The monoisotopic (exact) mass is 1470 g/mol. The highest BCUT2D eigenvalue weighted by Gasteiger charge is 2.30. The zero-order chi connectivity index (χ0) is 74.6. The van der Waals surface area contributed by atoms with E-state index >= 15 is 0 Å². The summed E-state index contributed by atoms with van der Waals surface area (Å²) < 4.78 is 68.4. The second kappa shape index (κ2) is 74.7. The van der Waals surface area contributed by atoms with Crippen molar-refractivity contribution in [3.05, 3.63) is 122 Å². The standard InChI is InChI=1S/C83H142O17P2/c1-5-9-13-17-21-25-29-33-37-38-42-44-48-52-56-60-64-68-81(86)94-74-79(100-83(88)70-66-62-58-54-50-46-41-36-32-28-24-20-16-12-8-4)76-98-102(91,92)96-72-77(84)71-95-101(89,90)97-75-78(99-82(87)69-65-61-57-53-49-45-40-35-31-27-23-19-15-11-7-3)73-93-80(85)67-63-59-55-51-47-43-39-34-30-26-22-18-14-10-6-2/h9,12-13,16,21,24-25,28,33-34,36-37,39,41-42,44,50,54,62,66,77-79,84H,5-8,10-11,14-15,17-20,22-23,26-27,29-32,35,38,40,43,45-49,51-53,55-61,63-65,67-76H2,1-4H3,(H,89,90)(H,91,92)/b13-9-,16-12-,25-21-,28-24-,37-33-,39-34-,41-36-,44-42-,54-50-,66-62-. The van der Waals surface area contributed by atoms with Gasteiger partial charge < -0.3 is 33.8 Å². The molecule has 17 nitrogen and oxygen atoms in total. The lowest BCUT2D eigenvalue weighted by atomic mass is 10.0. The molecule has 0 aromatic carbocycles. The fourth-order valence-corrected chi connectivity index (χ4v) is 12.0. The Morgan fingerprint density at radius 1 is 0.294 bits per heavy atom. The summed E-state index contributed by atoms with van der Waals surface area (Å²) >= 11 is 0. The van der Waals surface area contributed by atoms with Crippen molar-refractivity contribution in [1.29, 1.82) is 0 Å². The maximum atomic E-state index is 13.1. The molecule has 5 atom stereocenters. The Morgan fingerprint density at radius 2 is 0.549 bits per heavy atom. The molecule has 0 heterocycles. The average molecular weight is 1470 g/mol. The molecule has 0 bridgehead atoms. The molecule has 19 heteroatoms. The van der Waals surface area contributed by atoms with Crippen molar-refractivity contribution in [2.45, 2.75) is 341 Å². The summed E-state index contributed by atoms with van der Waals surface area (Å²) in [4.78, 5) is 72.9. The van der Waals surface area contributed by atoms with Gasteiger partial charge in [0.2, 0.25) is 0 Å². The van der Waals surface area contributed by atoms with Crippen molar-refractivity contribution in [2.75, 3.05) is 39.6 Å². The highest BCUT2D eigenvalue weighted by molar-refractivity contribution is 7.47. The van der Waals surface area contributed by atoms with Gasteiger partial charge in [-0.05, 0) is 116 Å². The maximum Gasteiger partial charge on any atom is 0.472 e. The SMILES string of the molecule is CC/C=C\C/C=C\C/C=C\C/C=C\C/C=C\CC(=O)OC(COC(=O)CCCCCC/C=C\C/C=C\C/C=C\C/C=C\CC)COP(=O)(O)OCC(O)COP(=O)(O)OCC(COC(=O)CCCCCCC/C=C\CCCCCCCC)OC(=O)CCCCCCCCCCCCCCCCC. The number of unbranched alkanes of at least 4 members (excludes halogenated alkanes) is 29. The Hall–Kier alpha value is -4.54. The van der Waals surface area contributed by atoms with E-state index in [0.717, 1.165) is 141 Å². The Labute approximate surface area is 619 Å². The molecule has 586 valence electrons. The number of carbonyl (C=O) groups excluding carboxylic acids is 4. The molecule has 0 amide bonds. The Bertz CT molecular complexity index is 2410. The van der Waals surface area contributed by atoms with Crippen LogP contribution in [0.1, 0.15) is 323 Å². The first-order valence-electron chi connectivity index (χ1n) is 39.8. The normalized spacial score (nSPS) is 14.5. The van der Waals surface area contributed by atoms with Gasteiger partial charge in [0.1, 0.15) is 19.3 Å². The molecule has 0 saturated heterocycles. The second-order valence-corrected chi connectivity index (χ2v) is 29.2. The highest BCUT2D eigenvalue weighted by atomic mass is 31.2. The molecule has 0 aliphatic carbocycles. The lowest BCUT2D eigenvalue weighted by molar-refractivity contribution is -0.161. The van der Waals surface area contributed by atoms with E-state index in [4.69, 9.17) is 37.0 Å². The highest BCUT2D eigenvalue weighted by Crippen LogP contribution is 2.45. The van der Waals surface area contributed by atoms with Crippen LogP contribution in [-0.4, -0.2) is 96.7 Å². The first-order chi connectivity index (χ1) is 49.7. The molecule has 0 rings (SSSR count). The van der Waals surface area contributed by atoms with E-state index in [1.165, 1.54) is 103 Å². The zero-order valence-electron chi connectivity index (χ0n) is 64.0. The van der Waals surface area contributed by atoms with Gasteiger partial charge in [-0.25, -0.2) is 9.13 Å². The van der Waals surface area contributed by atoms with Gasteiger partial charge in [0.05, 0.1) is 32.8 Å². The lowest BCUT2D eigenvalue weighted by Gasteiger charge is -2.21. The summed E-state index contributed by atoms with van der Waals surface area (Å²) in [6.45, 7) is 4.52. The molecule has 0 aromatic heterocycles. The van der Waals surface area contributed by atoms with Crippen LogP contribution in [0, 0.1) is 0 Å². The molecular weight excluding hydrogens is 1330 g/mol. The molecule has 3 N–H and O–H groups in total. The Morgan fingerprint density at radius 3 is 0.882 bits per heavy atom. The maximum absolute atomic E-state index is 13.1. The lowest BCUT2D eigenvalue weighted by Crippen LogP contribution is -2.30. The molecule has 0 aliphatic heterocycles. The average Bonchev–Trinajstić information content (AvgIpc) is 0.919. The van der Waals surface area contributed by atoms with Crippen LogP contribution in [0.15, 0.2) is 122 Å². The molecule has 5 unspecified atom stereocenters. The number of aliphatic hydroxyl groups excluding tert-OH is 1. The fourth-order valence-electron chi connectivity index (χ4n) is 10.5. The number of allylic oxidation sites excluding steroid dienone is 19. The van der Waals surface area contributed by atoms with Crippen molar-refractivity contribution in [3.8, 4) is 0 Å². The number of phosphoric ester groups is 2. The second-order valence-electron chi connectivity index (χ2n) is 26.3. The van der Waals surface area contributed by atoms with Crippen LogP contribution in [0.3, 0.4) is 0 Å². The summed E-state index contributed by atoms with van der Waals surface area (Å²) in [6.07, 6.45) is 82.1. The molecule has 0 aromatic rings. The number of hydrogen-bond acceptors (Lipinski definition) is 15. The van der Waals surface area contributed by atoms with E-state index in [0.29, 0.717) is 25.7 Å². The van der Waals surface area contributed by atoms with Gasteiger partial charge in [0.25, 0.3) is 0 Å². The number of phosphoric acid groups is 2. The van der Waals surface area contributed by atoms with E-state index < -0.39 is 97.5 Å². The largest absolute Gasteiger partial charge is 0.472 e. The third-order valence-corrected chi connectivity index (χ3v) is 18.4. The van der Waals surface area contributed by atoms with Crippen LogP contribution in [-0.2, 0) is 65.4 Å². The quantitative estimate of drug-likeness (QED) is 0.0169. The van der Waals surface area contributed by atoms with Crippen LogP contribution in [0.5, 0.6) is 0 Å². The molecular formula is C83H142O17P2. The van der Waals surface area contributed by atoms with Gasteiger partial charge in [0.15, 0.2) is 12.2 Å². The summed E-state index contributed by atoms with van der Waals surface area (Å²) in [5, 5.41) is 10.6. The van der Waals surface area contributed by atoms with Gasteiger partial charge in [-0.15, -0.1) is 0 Å². The van der Waals surface area contributed by atoms with Gasteiger partial charge >= 0.3 is 39.5 Å². The molecule has 102 heavy (non-hydrogen) atoms. The predicted molar refractivity (Wildman–Crippen MR) is 418 cm³/mol. The summed E-state index contributed by atoms with van der Waals surface area (Å²) in [7, 11) is -9.99. The third kappa shape index (κ3) is 73.8. The third-order valence-electron chi connectivity index (χ3n) is 16.5. The molecule has 0 fully saturated rings. The summed E-state index contributed by atoms with van der Waals surface area (Å²) in [6, 6.07) is 0. The molecule has 0 spiro atoms. The van der Waals surface area contributed by atoms with Gasteiger partial charge in [-0.2, -0.15) is 0 Å². The minimum absolute atomic E-state index is 0.0931. The fraction of sp³-hybridized carbons (Fsp3) is 0.711. The topological polar surface area (TPSA) is 237 Å². The molecule has 0 aliphatic rings. The van der Waals surface area contributed by atoms with Crippen LogP contribution in [0.25, 0.3) is 0 Å². The van der Waals surface area contributed by atoms with Crippen molar-refractivity contribution in [2.24, 2.45) is 0 Å². The molecule has 0 saturated carbocycles. The zero-order valence-corrected chi connectivity index (χ0v) is 65.8. The number of esters is 4. The van der Waals surface area contributed by atoms with Crippen molar-refractivity contribution >= 4 is 39.5 Å². The number of ether oxygens (including phenoxy) is 4. The number of hydrogen-bond donors (Lipinski definition) is 3. The van der Waals surface area contributed by atoms with Crippen LogP contribution < -0.4 is 0 Å². The van der Waals surface area contributed by atoms with Crippen molar-refractivity contribution < 1.29 is 80.2 Å². The Balaban J connectivity index is 5.44. The van der Waals surface area contributed by atoms with Crippen LogP contribution in [0.2, 0.25) is 0 Å². The number of rotatable bonds is 74.